The summed E-state index contributed by atoms with van der Waals surface area (Å²) in [6.45, 7) is 2.46. The first-order valence-corrected chi connectivity index (χ1v) is 5.47. The largest absolute Gasteiger partial charge is 0.396 e. The van der Waals surface area contributed by atoms with E-state index in [4.69, 9.17) is 5.11 Å². The number of aliphatic hydroxyl groups is 1. The van der Waals surface area contributed by atoms with E-state index in [0.717, 1.165) is 11.8 Å². The predicted molar refractivity (Wildman–Crippen MR) is 58.2 cm³/mol. The molecule has 1 aromatic rings. The maximum atomic E-state index is 8.97. The smallest absolute Gasteiger partial charge is 0.0456 e. The Morgan fingerprint density at radius 1 is 1.36 bits per heavy atom. The lowest BCUT2D eigenvalue weighted by atomic mass is 10.0. The second kappa shape index (κ2) is 4.14. The lowest BCUT2D eigenvalue weighted by molar-refractivity contribution is 0.225. The summed E-state index contributed by atoms with van der Waals surface area (Å²) >= 11 is 0. The van der Waals surface area contributed by atoms with Gasteiger partial charge in [-0.05, 0) is 36.2 Å². The van der Waals surface area contributed by atoms with E-state index < -0.39 is 0 Å². The van der Waals surface area contributed by atoms with Gasteiger partial charge >= 0.3 is 0 Å². The molecule has 0 saturated heterocycles. The Labute approximate surface area is 85.8 Å². The molecule has 1 aliphatic carbocycles. The summed E-state index contributed by atoms with van der Waals surface area (Å²) in [5, 5.41) is 8.97. The summed E-state index contributed by atoms with van der Waals surface area (Å²) in [6.07, 6.45) is 2.49. The average Bonchev–Trinajstić information content (AvgIpc) is 2.98. The van der Waals surface area contributed by atoms with Crippen LogP contribution in [0.3, 0.4) is 0 Å². The van der Waals surface area contributed by atoms with Crippen molar-refractivity contribution in [3.8, 4) is 0 Å². The first kappa shape index (κ1) is 9.72. The number of hydrogen-bond acceptors (Lipinski definition) is 1. The van der Waals surface area contributed by atoms with Crippen LogP contribution in [-0.4, -0.2) is 11.7 Å². The molecule has 0 heterocycles. The van der Waals surface area contributed by atoms with E-state index in [1.807, 2.05) is 0 Å². The van der Waals surface area contributed by atoms with Gasteiger partial charge in [0.2, 0.25) is 0 Å². The summed E-state index contributed by atoms with van der Waals surface area (Å²) < 4.78 is 0. The number of benzene rings is 1. The van der Waals surface area contributed by atoms with Gasteiger partial charge in [-0.15, -0.1) is 0 Å². The summed E-state index contributed by atoms with van der Waals surface area (Å²) in [7, 11) is 0. The van der Waals surface area contributed by atoms with Gasteiger partial charge < -0.3 is 5.11 Å². The van der Waals surface area contributed by atoms with Crippen molar-refractivity contribution in [3.63, 3.8) is 0 Å². The van der Waals surface area contributed by atoms with Crippen molar-refractivity contribution in [2.75, 3.05) is 6.61 Å². The van der Waals surface area contributed by atoms with Crippen molar-refractivity contribution in [1.29, 1.82) is 0 Å². The molecule has 1 saturated carbocycles. The minimum atomic E-state index is 0.331. The third-order valence-electron chi connectivity index (χ3n) is 3.17. The van der Waals surface area contributed by atoms with Gasteiger partial charge in [0.25, 0.3) is 0 Å². The number of aliphatic hydroxyl groups excluding tert-OH is 1. The van der Waals surface area contributed by atoms with Gasteiger partial charge in [-0.3, -0.25) is 0 Å². The predicted octanol–water partition coefficient (Wildman–Crippen LogP) is 2.81. The highest BCUT2D eigenvalue weighted by Gasteiger charge is 2.38. The van der Waals surface area contributed by atoms with Crippen molar-refractivity contribution in [2.24, 2.45) is 11.8 Å². The molecule has 14 heavy (non-hydrogen) atoms. The topological polar surface area (TPSA) is 20.2 Å². The van der Waals surface area contributed by atoms with Crippen LogP contribution in [0.5, 0.6) is 0 Å². The summed E-state index contributed by atoms with van der Waals surface area (Å²) in [4.78, 5) is 0. The zero-order valence-electron chi connectivity index (χ0n) is 8.69. The molecule has 1 aromatic carbocycles. The summed E-state index contributed by atoms with van der Waals surface area (Å²) in [5.74, 6) is 2.05. The molecule has 1 heteroatoms. The van der Waals surface area contributed by atoms with Crippen LogP contribution in [0.15, 0.2) is 30.3 Å². The Kier molecular flexibility index (Phi) is 2.87. The Hall–Kier alpha value is -0.820. The number of hydrogen-bond donors (Lipinski definition) is 1. The van der Waals surface area contributed by atoms with Crippen LogP contribution in [0.2, 0.25) is 0 Å². The molecule has 0 amide bonds. The highest BCUT2D eigenvalue weighted by Crippen LogP contribution is 2.50. The summed E-state index contributed by atoms with van der Waals surface area (Å²) in [6, 6.07) is 10.7. The van der Waals surface area contributed by atoms with Gasteiger partial charge in [-0.2, -0.15) is 0 Å². The third-order valence-corrected chi connectivity index (χ3v) is 3.17. The van der Waals surface area contributed by atoms with E-state index in [-0.39, 0.29) is 0 Å². The van der Waals surface area contributed by atoms with Gasteiger partial charge in [0.15, 0.2) is 0 Å². The third kappa shape index (κ3) is 2.16. The van der Waals surface area contributed by atoms with Crippen LogP contribution in [0.25, 0.3) is 0 Å². The molecular weight excluding hydrogens is 172 g/mol. The monoisotopic (exact) mass is 190 g/mol. The standard InChI is InChI=1S/C13H18O/c1-10(9-14)7-12-8-13(12)11-5-3-2-4-6-11/h2-6,10,12-14H,7-9H2,1H3. The van der Waals surface area contributed by atoms with E-state index >= 15 is 0 Å². The molecule has 1 aliphatic rings. The van der Waals surface area contributed by atoms with Crippen molar-refractivity contribution in [2.45, 2.75) is 25.7 Å². The van der Waals surface area contributed by atoms with E-state index in [1.54, 1.807) is 0 Å². The van der Waals surface area contributed by atoms with Crippen molar-refractivity contribution in [1.82, 2.24) is 0 Å². The van der Waals surface area contributed by atoms with E-state index in [2.05, 4.69) is 37.3 Å². The molecular formula is C13H18O. The Balaban J connectivity index is 1.87. The molecule has 1 nitrogen and oxygen atoms in total. The maximum Gasteiger partial charge on any atom is 0.0456 e. The van der Waals surface area contributed by atoms with Crippen LogP contribution in [-0.2, 0) is 0 Å². The molecule has 0 spiro atoms. The van der Waals surface area contributed by atoms with Gasteiger partial charge in [0, 0.05) is 6.61 Å². The first-order valence-electron chi connectivity index (χ1n) is 5.47. The van der Waals surface area contributed by atoms with Crippen LogP contribution in [0.4, 0.5) is 0 Å². The average molecular weight is 190 g/mol. The second-order valence-corrected chi connectivity index (χ2v) is 4.54. The molecule has 3 unspecified atom stereocenters. The fourth-order valence-corrected chi connectivity index (χ4v) is 2.21. The van der Waals surface area contributed by atoms with E-state index in [1.165, 1.54) is 18.4 Å². The Morgan fingerprint density at radius 3 is 2.71 bits per heavy atom. The normalized spacial score (nSPS) is 27.3. The lowest BCUT2D eigenvalue weighted by Gasteiger charge is -2.06. The number of rotatable bonds is 4. The minimum Gasteiger partial charge on any atom is -0.396 e. The zero-order chi connectivity index (χ0) is 9.97. The molecule has 2 rings (SSSR count). The molecule has 1 fully saturated rings. The quantitative estimate of drug-likeness (QED) is 0.774. The maximum absolute atomic E-state index is 8.97. The van der Waals surface area contributed by atoms with Crippen molar-refractivity contribution >= 4 is 0 Å². The van der Waals surface area contributed by atoms with Crippen molar-refractivity contribution in [3.05, 3.63) is 35.9 Å². The molecule has 0 aromatic heterocycles. The molecule has 3 atom stereocenters. The van der Waals surface area contributed by atoms with E-state index in [0.29, 0.717) is 12.5 Å². The van der Waals surface area contributed by atoms with Crippen LogP contribution >= 0.6 is 0 Å². The lowest BCUT2D eigenvalue weighted by Crippen LogP contribution is -2.01. The van der Waals surface area contributed by atoms with Crippen LogP contribution < -0.4 is 0 Å². The molecule has 0 bridgehead atoms. The molecule has 0 aliphatic heterocycles. The SMILES string of the molecule is CC(CO)CC1CC1c1ccccc1. The van der Waals surface area contributed by atoms with Gasteiger partial charge in [0.1, 0.15) is 0 Å². The second-order valence-electron chi connectivity index (χ2n) is 4.54. The molecule has 76 valence electrons. The van der Waals surface area contributed by atoms with Crippen molar-refractivity contribution < 1.29 is 5.11 Å². The van der Waals surface area contributed by atoms with Gasteiger partial charge in [-0.1, -0.05) is 37.3 Å². The Bertz CT molecular complexity index is 281. The van der Waals surface area contributed by atoms with Crippen LogP contribution in [0.1, 0.15) is 31.2 Å². The fraction of sp³-hybridized carbons (Fsp3) is 0.538. The highest BCUT2D eigenvalue weighted by molar-refractivity contribution is 5.25. The summed E-state index contributed by atoms with van der Waals surface area (Å²) in [5.41, 5.74) is 1.47. The van der Waals surface area contributed by atoms with E-state index in [9.17, 15) is 0 Å². The van der Waals surface area contributed by atoms with Gasteiger partial charge in [0.05, 0.1) is 0 Å². The highest BCUT2D eigenvalue weighted by atomic mass is 16.3. The zero-order valence-corrected chi connectivity index (χ0v) is 8.69. The van der Waals surface area contributed by atoms with Crippen LogP contribution in [0, 0.1) is 11.8 Å². The minimum absolute atomic E-state index is 0.331. The fourth-order valence-electron chi connectivity index (χ4n) is 2.21. The van der Waals surface area contributed by atoms with Gasteiger partial charge in [-0.25, -0.2) is 0 Å². The first-order chi connectivity index (χ1) is 6.81. The molecule has 0 radical (unpaired) electrons. The Morgan fingerprint density at radius 2 is 2.07 bits per heavy atom. The molecule has 1 N–H and O–H groups in total.